The number of hydrogen-bond acceptors (Lipinski definition) is 2. The van der Waals surface area contributed by atoms with Gasteiger partial charge in [-0.25, -0.2) is 4.98 Å². The van der Waals surface area contributed by atoms with E-state index in [4.69, 9.17) is 11.6 Å². The van der Waals surface area contributed by atoms with E-state index in [1.165, 1.54) is 5.56 Å². The number of nitrogens with one attached hydrogen (secondary N) is 1. The third-order valence-electron chi connectivity index (χ3n) is 3.03. The molecule has 1 heterocycles. The third kappa shape index (κ3) is 3.37. The lowest BCUT2D eigenvalue weighted by Gasteiger charge is -2.10. The van der Waals surface area contributed by atoms with Gasteiger partial charge in [0.2, 0.25) is 0 Å². The minimum absolute atomic E-state index is 0.763. The van der Waals surface area contributed by atoms with Crippen molar-refractivity contribution in [3.8, 4) is 11.4 Å². The van der Waals surface area contributed by atoms with Crippen LogP contribution in [0.25, 0.3) is 11.4 Å². The maximum atomic E-state index is 6.39. The summed E-state index contributed by atoms with van der Waals surface area (Å²) in [7, 11) is 0. The highest BCUT2D eigenvalue weighted by atomic mass is 35.5. The molecule has 0 unspecified atom stereocenters. The van der Waals surface area contributed by atoms with Crippen molar-refractivity contribution in [2.24, 2.45) is 0 Å². The molecule has 102 valence electrons. The van der Waals surface area contributed by atoms with Crippen LogP contribution in [0.2, 0.25) is 5.02 Å². The summed E-state index contributed by atoms with van der Waals surface area (Å²) in [6.45, 7) is 7.02. The molecule has 3 nitrogen and oxygen atoms in total. The third-order valence-corrected chi connectivity index (χ3v) is 3.35. The first-order valence-corrected chi connectivity index (χ1v) is 7.14. The molecular formula is C15H20ClN3. The second-order valence-electron chi connectivity index (χ2n) is 4.54. The largest absolute Gasteiger partial charge is 0.331 e. The Balaban J connectivity index is 2.27. The van der Waals surface area contributed by atoms with Crippen LogP contribution >= 0.6 is 11.6 Å². The molecule has 0 radical (unpaired) electrons. The molecule has 0 aliphatic heterocycles. The molecule has 1 aromatic heterocycles. The van der Waals surface area contributed by atoms with Crippen LogP contribution in [0.1, 0.15) is 25.8 Å². The minimum atomic E-state index is 0.763. The Morgan fingerprint density at radius 3 is 2.84 bits per heavy atom. The Labute approximate surface area is 119 Å². The van der Waals surface area contributed by atoms with Crippen LogP contribution in [-0.2, 0) is 13.1 Å². The first-order chi connectivity index (χ1) is 9.26. The lowest BCUT2D eigenvalue weighted by molar-refractivity contribution is 0.685. The van der Waals surface area contributed by atoms with Gasteiger partial charge < -0.3 is 9.88 Å². The second-order valence-corrected chi connectivity index (χ2v) is 4.95. The van der Waals surface area contributed by atoms with Gasteiger partial charge in [0.15, 0.2) is 0 Å². The topological polar surface area (TPSA) is 29.9 Å². The fourth-order valence-corrected chi connectivity index (χ4v) is 2.38. The molecule has 1 aromatic carbocycles. The van der Waals surface area contributed by atoms with Gasteiger partial charge in [0.05, 0.1) is 5.02 Å². The second kappa shape index (κ2) is 6.73. The molecule has 0 fully saturated rings. The van der Waals surface area contributed by atoms with Crippen molar-refractivity contribution in [2.45, 2.75) is 33.4 Å². The van der Waals surface area contributed by atoms with Crippen LogP contribution < -0.4 is 5.32 Å². The predicted octanol–water partition coefficient (Wildman–Crippen LogP) is 3.72. The molecule has 0 aliphatic carbocycles. The van der Waals surface area contributed by atoms with Crippen molar-refractivity contribution in [2.75, 3.05) is 6.54 Å². The van der Waals surface area contributed by atoms with Gasteiger partial charge in [-0.05, 0) is 30.7 Å². The van der Waals surface area contributed by atoms with Crippen LogP contribution in [0.3, 0.4) is 0 Å². The van der Waals surface area contributed by atoms with Crippen molar-refractivity contribution in [3.63, 3.8) is 0 Å². The number of aryl methyl sites for hydroxylation is 1. The highest BCUT2D eigenvalue weighted by Gasteiger charge is 2.10. The van der Waals surface area contributed by atoms with Crippen molar-refractivity contribution < 1.29 is 0 Å². The zero-order valence-corrected chi connectivity index (χ0v) is 12.2. The van der Waals surface area contributed by atoms with Gasteiger partial charge in [0.25, 0.3) is 0 Å². The predicted molar refractivity (Wildman–Crippen MR) is 80.3 cm³/mol. The van der Waals surface area contributed by atoms with E-state index >= 15 is 0 Å². The SMILES string of the molecule is CCCn1ccnc1-c1ccc(CNCC)cc1Cl. The summed E-state index contributed by atoms with van der Waals surface area (Å²) in [5, 5.41) is 4.06. The smallest absolute Gasteiger partial charge is 0.141 e. The Morgan fingerprint density at radius 1 is 1.32 bits per heavy atom. The fraction of sp³-hybridized carbons (Fsp3) is 0.400. The molecular weight excluding hydrogens is 258 g/mol. The molecule has 0 amide bonds. The number of hydrogen-bond donors (Lipinski definition) is 1. The van der Waals surface area contributed by atoms with E-state index in [1.54, 1.807) is 0 Å². The number of aromatic nitrogens is 2. The first kappa shape index (κ1) is 14.1. The number of imidazole rings is 1. The maximum Gasteiger partial charge on any atom is 0.141 e. The van der Waals surface area contributed by atoms with E-state index in [0.717, 1.165) is 42.5 Å². The van der Waals surface area contributed by atoms with Crippen molar-refractivity contribution >= 4 is 11.6 Å². The first-order valence-electron chi connectivity index (χ1n) is 6.77. The minimum Gasteiger partial charge on any atom is -0.331 e. The van der Waals surface area contributed by atoms with E-state index in [-0.39, 0.29) is 0 Å². The summed E-state index contributed by atoms with van der Waals surface area (Å²) in [5.74, 6) is 0.946. The van der Waals surface area contributed by atoms with E-state index < -0.39 is 0 Å². The standard InChI is InChI=1S/C15H20ClN3/c1-3-8-19-9-7-18-15(19)13-6-5-12(10-14(13)16)11-17-4-2/h5-7,9-10,17H,3-4,8,11H2,1-2H3. The monoisotopic (exact) mass is 277 g/mol. The molecule has 2 rings (SSSR count). The van der Waals surface area contributed by atoms with Crippen molar-refractivity contribution in [3.05, 3.63) is 41.2 Å². The molecule has 0 atom stereocenters. The van der Waals surface area contributed by atoms with Crippen molar-refractivity contribution in [1.29, 1.82) is 0 Å². The fourth-order valence-electron chi connectivity index (χ4n) is 2.09. The lowest BCUT2D eigenvalue weighted by Crippen LogP contribution is -2.11. The van der Waals surface area contributed by atoms with Gasteiger partial charge >= 0.3 is 0 Å². The Kier molecular flexibility index (Phi) is 5.00. The van der Waals surface area contributed by atoms with Gasteiger partial charge in [-0.15, -0.1) is 0 Å². The Bertz CT molecular complexity index is 534. The number of halogens is 1. The van der Waals surface area contributed by atoms with Crippen LogP contribution in [0.4, 0.5) is 0 Å². The lowest BCUT2D eigenvalue weighted by atomic mass is 10.1. The summed E-state index contributed by atoms with van der Waals surface area (Å²) in [6.07, 6.45) is 4.91. The quantitative estimate of drug-likeness (QED) is 0.872. The van der Waals surface area contributed by atoms with Gasteiger partial charge in [-0.3, -0.25) is 0 Å². The number of nitrogens with zero attached hydrogens (tertiary/aromatic N) is 2. The highest BCUT2D eigenvalue weighted by Crippen LogP contribution is 2.27. The van der Waals surface area contributed by atoms with Crippen LogP contribution in [0.5, 0.6) is 0 Å². The molecule has 0 saturated heterocycles. The average molecular weight is 278 g/mol. The van der Waals surface area contributed by atoms with E-state index in [1.807, 2.05) is 18.5 Å². The Morgan fingerprint density at radius 2 is 2.16 bits per heavy atom. The van der Waals surface area contributed by atoms with Gasteiger partial charge in [-0.2, -0.15) is 0 Å². The molecule has 0 aliphatic rings. The summed E-state index contributed by atoms with van der Waals surface area (Å²) >= 11 is 6.39. The number of benzene rings is 1. The highest BCUT2D eigenvalue weighted by molar-refractivity contribution is 6.33. The zero-order valence-electron chi connectivity index (χ0n) is 11.5. The van der Waals surface area contributed by atoms with E-state index in [2.05, 4.69) is 40.8 Å². The molecule has 0 spiro atoms. The molecule has 0 bridgehead atoms. The molecule has 2 aromatic rings. The van der Waals surface area contributed by atoms with E-state index in [9.17, 15) is 0 Å². The van der Waals surface area contributed by atoms with Gasteiger partial charge in [0.1, 0.15) is 5.82 Å². The van der Waals surface area contributed by atoms with Crippen molar-refractivity contribution in [1.82, 2.24) is 14.9 Å². The molecule has 19 heavy (non-hydrogen) atoms. The Hall–Kier alpha value is -1.32. The maximum absolute atomic E-state index is 6.39. The van der Waals surface area contributed by atoms with Gasteiger partial charge in [0, 0.05) is 31.0 Å². The molecule has 0 saturated carbocycles. The van der Waals surface area contributed by atoms with Gasteiger partial charge in [-0.1, -0.05) is 31.5 Å². The zero-order chi connectivity index (χ0) is 13.7. The van der Waals surface area contributed by atoms with Crippen LogP contribution in [0.15, 0.2) is 30.6 Å². The summed E-state index contributed by atoms with van der Waals surface area (Å²) in [4.78, 5) is 4.42. The van der Waals surface area contributed by atoms with Crippen LogP contribution in [0, 0.1) is 0 Å². The summed E-state index contributed by atoms with van der Waals surface area (Å²) < 4.78 is 2.14. The average Bonchev–Trinajstić information content (AvgIpc) is 2.85. The summed E-state index contributed by atoms with van der Waals surface area (Å²) in [5.41, 5.74) is 2.20. The molecule has 4 heteroatoms. The normalized spacial score (nSPS) is 10.9. The van der Waals surface area contributed by atoms with E-state index in [0.29, 0.717) is 0 Å². The number of rotatable bonds is 6. The summed E-state index contributed by atoms with van der Waals surface area (Å²) in [6, 6.07) is 6.18. The van der Waals surface area contributed by atoms with Crippen LogP contribution in [-0.4, -0.2) is 16.1 Å². The molecule has 1 N–H and O–H groups in total.